The van der Waals surface area contributed by atoms with Crippen LogP contribution in [-0.2, 0) is 0 Å². The van der Waals surface area contributed by atoms with Gasteiger partial charge in [-0.05, 0) is 31.9 Å². The zero-order valence-electron chi connectivity index (χ0n) is 10.1. The van der Waals surface area contributed by atoms with Crippen LogP contribution in [0.15, 0.2) is 28.8 Å². The molecule has 2 rings (SSSR count). The number of hydrogen-bond acceptors (Lipinski definition) is 3. The Morgan fingerprint density at radius 2 is 1.88 bits per heavy atom. The highest BCUT2D eigenvalue weighted by Crippen LogP contribution is 2.16. The van der Waals surface area contributed by atoms with Gasteiger partial charge in [-0.15, -0.1) is 0 Å². The van der Waals surface area contributed by atoms with Crippen LogP contribution in [0.5, 0.6) is 0 Å². The number of benzene rings is 1. The highest BCUT2D eigenvalue weighted by Gasteiger charge is 2.13. The van der Waals surface area contributed by atoms with Crippen LogP contribution in [0, 0.1) is 20.8 Å². The Balaban J connectivity index is 2.26. The molecule has 0 bridgehead atoms. The molecule has 0 aliphatic carbocycles. The molecule has 17 heavy (non-hydrogen) atoms. The van der Waals surface area contributed by atoms with Crippen molar-refractivity contribution in [1.82, 2.24) is 5.16 Å². The smallest absolute Gasteiger partial charge is 0.257 e. The Kier molecular flexibility index (Phi) is 2.95. The lowest BCUT2D eigenvalue weighted by molar-refractivity contribution is 0.102. The molecule has 1 amide bonds. The van der Waals surface area contributed by atoms with Crippen LogP contribution in [-0.4, -0.2) is 11.1 Å². The molecule has 0 saturated carbocycles. The quantitative estimate of drug-likeness (QED) is 0.866. The number of hydrogen-bond donors (Lipinski definition) is 1. The summed E-state index contributed by atoms with van der Waals surface area (Å²) in [5.41, 5.74) is 2.58. The summed E-state index contributed by atoms with van der Waals surface area (Å²) >= 11 is 0. The number of carbonyl (C=O) groups is 1. The fourth-order valence-electron chi connectivity index (χ4n) is 1.78. The first-order valence-electron chi connectivity index (χ1n) is 5.39. The summed E-state index contributed by atoms with van der Waals surface area (Å²) < 4.78 is 4.90. The number of anilines is 1. The van der Waals surface area contributed by atoms with Crippen molar-refractivity contribution in [2.24, 2.45) is 0 Å². The maximum atomic E-state index is 12.1. The number of nitrogens with zero attached hydrogens (tertiary/aromatic N) is 1. The molecule has 0 aliphatic rings. The second kappa shape index (κ2) is 4.41. The lowest BCUT2D eigenvalue weighted by Crippen LogP contribution is -2.15. The molecule has 88 valence electrons. The first kappa shape index (κ1) is 11.4. The van der Waals surface area contributed by atoms with E-state index in [1.54, 1.807) is 13.0 Å². The molecule has 4 nitrogen and oxygen atoms in total. The molecular weight excluding hydrogens is 218 g/mol. The first-order chi connectivity index (χ1) is 8.08. The predicted molar refractivity (Wildman–Crippen MR) is 65.1 cm³/mol. The third-order valence-electron chi connectivity index (χ3n) is 2.58. The Morgan fingerprint density at radius 1 is 1.24 bits per heavy atom. The number of amides is 1. The molecule has 1 aromatic heterocycles. The van der Waals surface area contributed by atoms with Crippen molar-refractivity contribution in [3.8, 4) is 0 Å². The van der Waals surface area contributed by atoms with Gasteiger partial charge in [-0.3, -0.25) is 4.79 Å². The normalized spacial score (nSPS) is 10.3. The Hall–Kier alpha value is -2.10. The van der Waals surface area contributed by atoms with Crippen molar-refractivity contribution in [3.05, 3.63) is 46.7 Å². The van der Waals surface area contributed by atoms with E-state index in [1.807, 2.05) is 32.0 Å². The fraction of sp³-hybridized carbons (Fsp3) is 0.231. The molecule has 0 saturated heterocycles. The summed E-state index contributed by atoms with van der Waals surface area (Å²) in [5, 5.41) is 6.45. The Bertz CT molecular complexity index is 538. The van der Waals surface area contributed by atoms with E-state index >= 15 is 0 Å². The van der Waals surface area contributed by atoms with Gasteiger partial charge in [-0.1, -0.05) is 23.4 Å². The third-order valence-corrected chi connectivity index (χ3v) is 2.58. The van der Waals surface area contributed by atoms with E-state index in [4.69, 9.17) is 4.52 Å². The second-order valence-electron chi connectivity index (χ2n) is 4.04. The summed E-state index contributed by atoms with van der Waals surface area (Å²) in [4.78, 5) is 12.1. The van der Waals surface area contributed by atoms with Crippen LogP contribution < -0.4 is 5.32 Å². The van der Waals surface area contributed by atoms with E-state index < -0.39 is 0 Å². The lowest BCUT2D eigenvalue weighted by Gasteiger charge is -2.08. The van der Waals surface area contributed by atoms with Gasteiger partial charge in [0.25, 0.3) is 5.91 Å². The van der Waals surface area contributed by atoms with Crippen LogP contribution in [0.3, 0.4) is 0 Å². The zero-order valence-corrected chi connectivity index (χ0v) is 10.1. The monoisotopic (exact) mass is 232 g/mol. The largest absolute Gasteiger partial charge is 0.360 e. The number of aromatic nitrogens is 1. The first-order valence-corrected chi connectivity index (χ1v) is 5.39. The van der Waals surface area contributed by atoms with Gasteiger partial charge in [0.15, 0.2) is 5.82 Å². The van der Waals surface area contributed by atoms with Gasteiger partial charge >= 0.3 is 0 Å². The standard InChI is InChI=1S/C13H14N2O2/c1-8-5-4-6-9(2)12(8)13(16)14-11-7-10(3)17-15-11/h4-7H,1-3H3,(H,14,15,16)/i13+2. The van der Waals surface area contributed by atoms with Crippen LogP contribution in [0.2, 0.25) is 0 Å². The molecule has 1 N–H and O–H groups in total. The molecule has 0 unspecified atom stereocenters. The summed E-state index contributed by atoms with van der Waals surface area (Å²) in [6.07, 6.45) is 0. The SMILES string of the molecule is Cc1cc(N[14C](=O)c2c(C)cccc2C)no1. The molecule has 0 aliphatic heterocycles. The number of aryl methyl sites for hydroxylation is 3. The van der Waals surface area contributed by atoms with Gasteiger partial charge in [0.05, 0.1) is 0 Å². The van der Waals surface area contributed by atoms with Crippen molar-refractivity contribution < 1.29 is 9.32 Å². The number of nitrogens with one attached hydrogen (secondary N) is 1. The number of rotatable bonds is 2. The van der Waals surface area contributed by atoms with Crippen molar-refractivity contribution >= 4 is 11.7 Å². The van der Waals surface area contributed by atoms with E-state index in [0.29, 0.717) is 17.1 Å². The van der Waals surface area contributed by atoms with Gasteiger partial charge in [0.1, 0.15) is 5.76 Å². The number of carbonyl (C=O) groups excluding carboxylic acids is 1. The minimum absolute atomic E-state index is 0.158. The molecule has 2 aromatic rings. The van der Waals surface area contributed by atoms with Crippen molar-refractivity contribution in [2.75, 3.05) is 5.32 Å². The highest BCUT2D eigenvalue weighted by molar-refractivity contribution is 6.05. The van der Waals surface area contributed by atoms with E-state index in [0.717, 1.165) is 11.1 Å². The highest BCUT2D eigenvalue weighted by atomic mass is 16.5. The van der Waals surface area contributed by atoms with Crippen LogP contribution in [0.25, 0.3) is 0 Å². The van der Waals surface area contributed by atoms with E-state index in [1.165, 1.54) is 0 Å². The predicted octanol–water partition coefficient (Wildman–Crippen LogP) is 2.85. The van der Waals surface area contributed by atoms with Crippen molar-refractivity contribution in [2.45, 2.75) is 20.8 Å². The second-order valence-corrected chi connectivity index (χ2v) is 4.04. The Labute approximate surface area is 99.6 Å². The van der Waals surface area contributed by atoms with Crippen LogP contribution in [0.1, 0.15) is 27.2 Å². The zero-order chi connectivity index (χ0) is 12.4. The average molecular weight is 232 g/mol. The minimum Gasteiger partial charge on any atom is -0.360 e. The molecule has 1 heterocycles. The van der Waals surface area contributed by atoms with Gasteiger partial charge in [0, 0.05) is 11.6 Å². The maximum Gasteiger partial charge on any atom is 0.257 e. The van der Waals surface area contributed by atoms with Crippen molar-refractivity contribution in [1.29, 1.82) is 0 Å². The van der Waals surface area contributed by atoms with Gasteiger partial charge in [-0.25, -0.2) is 0 Å². The minimum atomic E-state index is -0.158. The summed E-state index contributed by atoms with van der Waals surface area (Å²) in [6.45, 7) is 5.60. The van der Waals surface area contributed by atoms with E-state index in [2.05, 4.69) is 10.5 Å². The molecule has 0 fully saturated rings. The summed E-state index contributed by atoms with van der Waals surface area (Å²) in [5.74, 6) is 0.950. The maximum absolute atomic E-state index is 12.1. The molecular formula is C13H14N2O2. The van der Waals surface area contributed by atoms with Crippen molar-refractivity contribution in [3.63, 3.8) is 0 Å². The lowest BCUT2D eigenvalue weighted by atomic mass is 10.1. The van der Waals surface area contributed by atoms with Crippen LogP contribution >= 0.6 is 0 Å². The average Bonchev–Trinajstić information content (AvgIpc) is 2.63. The summed E-state index contributed by atoms with van der Waals surface area (Å²) in [7, 11) is 0. The van der Waals surface area contributed by atoms with E-state index in [-0.39, 0.29) is 5.91 Å². The molecule has 0 atom stereocenters. The molecule has 4 heteroatoms. The molecule has 0 radical (unpaired) electrons. The topological polar surface area (TPSA) is 55.1 Å². The summed E-state index contributed by atoms with van der Waals surface area (Å²) in [6, 6.07) is 7.44. The van der Waals surface area contributed by atoms with Gasteiger partial charge in [0.2, 0.25) is 0 Å². The molecule has 0 spiro atoms. The molecule has 1 aromatic carbocycles. The van der Waals surface area contributed by atoms with E-state index in [9.17, 15) is 4.79 Å². The Morgan fingerprint density at radius 3 is 2.41 bits per heavy atom. The fourth-order valence-corrected chi connectivity index (χ4v) is 1.78. The van der Waals surface area contributed by atoms with Crippen LogP contribution in [0.4, 0.5) is 5.82 Å². The third kappa shape index (κ3) is 2.36. The van der Waals surface area contributed by atoms with Gasteiger partial charge in [-0.2, -0.15) is 0 Å². The van der Waals surface area contributed by atoms with Gasteiger partial charge < -0.3 is 9.84 Å².